The SMILES string of the molecule is CCCCCCCCCCCCCCCCCC/C=C/C(O)C(CO)NC(=O)CCCCCCCCCCCCCCCC/C=C\C/C=C\CCOC(=O)CCCCCCCCCCCCCCCCCCC. The van der Waals surface area contributed by atoms with Gasteiger partial charge in [-0.2, -0.15) is 0 Å². The number of ether oxygens (including phenoxy) is 1. The van der Waals surface area contributed by atoms with E-state index in [1.807, 2.05) is 6.08 Å². The van der Waals surface area contributed by atoms with Crippen LogP contribution in [0.1, 0.15) is 354 Å². The smallest absolute Gasteiger partial charge is 0.305 e. The first-order chi connectivity index (χ1) is 36.0. The van der Waals surface area contributed by atoms with E-state index in [1.165, 1.54) is 276 Å². The number of allylic oxidation sites excluding steroid dienone is 4. The molecular formula is C67H127NO5. The van der Waals surface area contributed by atoms with E-state index in [4.69, 9.17) is 4.74 Å². The normalized spacial score (nSPS) is 12.8. The van der Waals surface area contributed by atoms with Crippen molar-refractivity contribution in [2.24, 2.45) is 0 Å². The number of carbonyl (C=O) groups is 2. The van der Waals surface area contributed by atoms with Crippen LogP contribution >= 0.6 is 0 Å². The Morgan fingerprint density at radius 2 is 0.685 bits per heavy atom. The van der Waals surface area contributed by atoms with Crippen LogP contribution in [0.15, 0.2) is 36.5 Å². The first kappa shape index (κ1) is 71.1. The minimum atomic E-state index is -0.849. The lowest BCUT2D eigenvalue weighted by Gasteiger charge is -2.20. The number of nitrogens with one attached hydrogen (secondary N) is 1. The molecule has 0 radical (unpaired) electrons. The zero-order valence-electron chi connectivity index (χ0n) is 49.1. The van der Waals surface area contributed by atoms with Crippen molar-refractivity contribution in [2.75, 3.05) is 13.2 Å². The second kappa shape index (κ2) is 62.6. The van der Waals surface area contributed by atoms with Gasteiger partial charge >= 0.3 is 5.97 Å². The van der Waals surface area contributed by atoms with Gasteiger partial charge in [-0.1, -0.05) is 326 Å². The Morgan fingerprint density at radius 1 is 0.384 bits per heavy atom. The number of esters is 1. The molecule has 0 spiro atoms. The summed E-state index contributed by atoms with van der Waals surface area (Å²) in [5.74, 6) is -0.102. The van der Waals surface area contributed by atoms with Crippen molar-refractivity contribution in [3.63, 3.8) is 0 Å². The fourth-order valence-electron chi connectivity index (χ4n) is 10.2. The predicted octanol–water partition coefficient (Wildman–Crippen LogP) is 20.8. The van der Waals surface area contributed by atoms with E-state index < -0.39 is 12.1 Å². The van der Waals surface area contributed by atoms with E-state index in [-0.39, 0.29) is 18.5 Å². The summed E-state index contributed by atoms with van der Waals surface area (Å²) in [5, 5.41) is 23.2. The number of rotatable bonds is 61. The molecule has 0 heterocycles. The molecule has 0 aromatic heterocycles. The van der Waals surface area contributed by atoms with Crippen molar-refractivity contribution in [3.05, 3.63) is 36.5 Å². The molecular weight excluding hydrogens is 899 g/mol. The monoisotopic (exact) mass is 1030 g/mol. The van der Waals surface area contributed by atoms with Crippen molar-refractivity contribution in [2.45, 2.75) is 366 Å². The van der Waals surface area contributed by atoms with Gasteiger partial charge in [0.15, 0.2) is 0 Å². The predicted molar refractivity (Wildman–Crippen MR) is 319 cm³/mol. The topological polar surface area (TPSA) is 95.9 Å². The quantitative estimate of drug-likeness (QED) is 0.0320. The Kier molecular flexibility index (Phi) is 61.0. The maximum absolute atomic E-state index is 12.5. The maximum atomic E-state index is 12.5. The van der Waals surface area contributed by atoms with Crippen LogP contribution in [0.3, 0.4) is 0 Å². The van der Waals surface area contributed by atoms with E-state index in [9.17, 15) is 19.8 Å². The number of aliphatic hydroxyl groups is 2. The molecule has 0 aromatic carbocycles. The summed E-state index contributed by atoms with van der Waals surface area (Å²) in [5.41, 5.74) is 0. The molecule has 0 aliphatic heterocycles. The van der Waals surface area contributed by atoms with Crippen molar-refractivity contribution in [1.82, 2.24) is 5.32 Å². The number of amides is 1. The van der Waals surface area contributed by atoms with Crippen LogP contribution in [0.4, 0.5) is 0 Å². The fraction of sp³-hybridized carbons (Fsp3) is 0.881. The number of aliphatic hydroxyl groups excluding tert-OH is 2. The highest BCUT2D eigenvalue weighted by Gasteiger charge is 2.18. The molecule has 3 N–H and O–H groups in total. The van der Waals surface area contributed by atoms with Crippen LogP contribution in [-0.2, 0) is 14.3 Å². The Hall–Kier alpha value is -1.92. The van der Waals surface area contributed by atoms with Gasteiger partial charge in [-0.15, -0.1) is 0 Å². The van der Waals surface area contributed by atoms with E-state index in [2.05, 4.69) is 43.5 Å². The van der Waals surface area contributed by atoms with Crippen molar-refractivity contribution in [3.8, 4) is 0 Å². The Balaban J connectivity index is 3.46. The molecule has 0 aromatic rings. The van der Waals surface area contributed by atoms with Gasteiger partial charge in [-0.05, 0) is 51.4 Å². The first-order valence-corrected chi connectivity index (χ1v) is 32.8. The molecule has 0 bridgehead atoms. The number of hydrogen-bond donors (Lipinski definition) is 3. The summed E-state index contributed by atoms with van der Waals surface area (Å²) in [6.07, 6.45) is 79.2. The molecule has 1 amide bonds. The zero-order chi connectivity index (χ0) is 52.9. The molecule has 2 atom stereocenters. The highest BCUT2D eigenvalue weighted by molar-refractivity contribution is 5.76. The Labute approximate surface area is 455 Å². The van der Waals surface area contributed by atoms with Crippen molar-refractivity contribution in [1.29, 1.82) is 0 Å². The Bertz CT molecular complexity index is 1180. The third kappa shape index (κ3) is 59.2. The molecule has 2 unspecified atom stereocenters. The number of carbonyl (C=O) groups excluding carboxylic acids is 2. The summed E-state index contributed by atoms with van der Waals surface area (Å²) in [4.78, 5) is 24.6. The maximum Gasteiger partial charge on any atom is 0.305 e. The highest BCUT2D eigenvalue weighted by atomic mass is 16.5. The van der Waals surface area contributed by atoms with Crippen LogP contribution in [0.25, 0.3) is 0 Å². The third-order valence-electron chi connectivity index (χ3n) is 15.2. The van der Waals surface area contributed by atoms with Crippen LogP contribution < -0.4 is 5.32 Å². The van der Waals surface area contributed by atoms with Crippen molar-refractivity contribution >= 4 is 11.9 Å². The Morgan fingerprint density at radius 3 is 1.04 bits per heavy atom. The van der Waals surface area contributed by atoms with E-state index in [0.717, 1.165) is 51.4 Å². The summed E-state index contributed by atoms with van der Waals surface area (Å²) < 4.78 is 5.43. The first-order valence-electron chi connectivity index (χ1n) is 32.8. The molecule has 430 valence electrons. The van der Waals surface area contributed by atoms with Gasteiger partial charge in [-0.3, -0.25) is 9.59 Å². The van der Waals surface area contributed by atoms with Crippen LogP contribution in [0.2, 0.25) is 0 Å². The molecule has 0 saturated heterocycles. The fourth-order valence-corrected chi connectivity index (χ4v) is 10.2. The summed E-state index contributed by atoms with van der Waals surface area (Å²) in [7, 11) is 0. The molecule has 0 fully saturated rings. The van der Waals surface area contributed by atoms with Crippen molar-refractivity contribution < 1.29 is 24.5 Å². The molecule has 0 aliphatic carbocycles. The summed E-state index contributed by atoms with van der Waals surface area (Å²) in [6.45, 7) is 4.82. The molecule has 6 heteroatoms. The average molecular weight is 1030 g/mol. The molecule has 0 saturated carbocycles. The zero-order valence-corrected chi connectivity index (χ0v) is 49.1. The van der Waals surface area contributed by atoms with E-state index in [0.29, 0.717) is 19.4 Å². The van der Waals surface area contributed by atoms with Crippen LogP contribution in [0, 0.1) is 0 Å². The van der Waals surface area contributed by atoms with Crippen LogP contribution in [-0.4, -0.2) is 47.4 Å². The van der Waals surface area contributed by atoms with Gasteiger partial charge in [0.2, 0.25) is 5.91 Å². The van der Waals surface area contributed by atoms with Crippen LogP contribution in [0.5, 0.6) is 0 Å². The second-order valence-electron chi connectivity index (χ2n) is 22.5. The van der Waals surface area contributed by atoms with Gasteiger partial charge in [0, 0.05) is 12.8 Å². The average Bonchev–Trinajstić information content (AvgIpc) is 3.39. The summed E-state index contributed by atoms with van der Waals surface area (Å²) in [6, 6.07) is -0.632. The minimum absolute atomic E-state index is 0.0315. The molecule has 6 nitrogen and oxygen atoms in total. The van der Waals surface area contributed by atoms with Gasteiger partial charge in [-0.25, -0.2) is 0 Å². The lowest BCUT2D eigenvalue weighted by Crippen LogP contribution is -2.45. The van der Waals surface area contributed by atoms with E-state index >= 15 is 0 Å². The summed E-state index contributed by atoms with van der Waals surface area (Å²) >= 11 is 0. The third-order valence-corrected chi connectivity index (χ3v) is 15.2. The van der Waals surface area contributed by atoms with Gasteiger partial charge in [0.1, 0.15) is 0 Å². The molecule has 0 aliphatic rings. The van der Waals surface area contributed by atoms with Gasteiger partial charge in [0.05, 0.1) is 25.4 Å². The minimum Gasteiger partial charge on any atom is -0.465 e. The second-order valence-corrected chi connectivity index (χ2v) is 22.5. The lowest BCUT2D eigenvalue weighted by atomic mass is 10.0. The number of hydrogen-bond acceptors (Lipinski definition) is 5. The lowest BCUT2D eigenvalue weighted by molar-refractivity contribution is -0.143. The molecule has 0 rings (SSSR count). The van der Waals surface area contributed by atoms with E-state index in [1.54, 1.807) is 6.08 Å². The number of unbranched alkanes of at least 4 members (excludes halogenated alkanes) is 46. The van der Waals surface area contributed by atoms with Gasteiger partial charge in [0.25, 0.3) is 0 Å². The highest BCUT2D eigenvalue weighted by Crippen LogP contribution is 2.18. The largest absolute Gasteiger partial charge is 0.465 e. The van der Waals surface area contributed by atoms with Gasteiger partial charge < -0.3 is 20.3 Å². The standard InChI is InChI=1S/C67H127NO5/c1-3-5-7-9-11-13-15-17-19-21-28-31-35-39-43-47-51-55-59-65(70)64(63-69)68-66(71)60-56-52-48-44-40-36-32-29-25-23-22-24-26-30-34-38-42-46-50-54-58-62-73-67(72)61-57-53-49-45-41-37-33-27-20-18-16-14-12-10-8-6-4-2/h38,42,50,54-55,59,64-65,69-70H,3-37,39-41,43-49,51-53,56-58,60-63H2,1-2H3,(H,68,71)/b42-38-,54-50-,59-55+. The molecule has 73 heavy (non-hydrogen) atoms.